The number of nitro benzene ring substituents is 1. The molecule has 1 aromatic carbocycles. The molecule has 98 valence electrons. The van der Waals surface area contributed by atoms with E-state index in [1.807, 2.05) is 6.92 Å². The Bertz CT molecular complexity index is 479. The zero-order valence-electron chi connectivity index (χ0n) is 9.95. The highest BCUT2D eigenvalue weighted by atomic mass is 19.2. The lowest BCUT2D eigenvalue weighted by Gasteiger charge is -2.19. The van der Waals surface area contributed by atoms with Gasteiger partial charge in [0.25, 0.3) is 5.69 Å². The Labute approximate surface area is 103 Å². The molecule has 0 amide bonds. The summed E-state index contributed by atoms with van der Waals surface area (Å²) in [6.45, 7) is 1.99. The number of benzene rings is 1. The number of nitrogens with zero attached hydrogens (tertiary/aromatic N) is 1. The van der Waals surface area contributed by atoms with E-state index in [4.69, 9.17) is 0 Å². The lowest BCUT2D eigenvalue weighted by molar-refractivity contribution is -0.384. The van der Waals surface area contributed by atoms with Crippen LogP contribution in [0.4, 0.5) is 20.2 Å². The second-order valence-electron chi connectivity index (χ2n) is 4.67. The van der Waals surface area contributed by atoms with Gasteiger partial charge in [-0.1, -0.05) is 13.3 Å². The van der Waals surface area contributed by atoms with Crippen LogP contribution in [0, 0.1) is 27.7 Å². The molecular formula is C12H14F2N2O2. The summed E-state index contributed by atoms with van der Waals surface area (Å²) in [5.74, 6) is -1.95. The molecule has 0 bridgehead atoms. The van der Waals surface area contributed by atoms with Gasteiger partial charge in [0.2, 0.25) is 0 Å². The van der Waals surface area contributed by atoms with Gasteiger partial charge in [0, 0.05) is 12.1 Å². The first-order chi connectivity index (χ1) is 8.50. The largest absolute Gasteiger partial charge is 0.374 e. The van der Waals surface area contributed by atoms with Gasteiger partial charge in [0.05, 0.1) is 4.92 Å². The standard InChI is InChI=1S/C12H14F2N2O2/c1-7-3-2-4-9(7)15-12-10(16(17)18)6-5-8(13)11(12)14/h5-7,9,15H,2-4H2,1H3. The minimum Gasteiger partial charge on any atom is -0.374 e. The van der Waals surface area contributed by atoms with Crippen LogP contribution in [-0.2, 0) is 0 Å². The van der Waals surface area contributed by atoms with Crippen LogP contribution in [0.25, 0.3) is 0 Å². The SMILES string of the molecule is CC1CCCC1Nc1c([N+](=O)[O-])ccc(F)c1F. The van der Waals surface area contributed by atoms with Gasteiger partial charge < -0.3 is 5.32 Å². The van der Waals surface area contributed by atoms with Gasteiger partial charge in [-0.3, -0.25) is 10.1 Å². The molecule has 1 aromatic rings. The summed E-state index contributed by atoms with van der Waals surface area (Å²) in [5.41, 5.74) is -0.758. The highest BCUT2D eigenvalue weighted by Gasteiger charge is 2.28. The smallest absolute Gasteiger partial charge is 0.295 e. The number of nitro groups is 1. The summed E-state index contributed by atoms with van der Waals surface area (Å²) in [6.07, 6.45) is 2.79. The van der Waals surface area contributed by atoms with Gasteiger partial charge in [-0.2, -0.15) is 0 Å². The van der Waals surface area contributed by atoms with Gasteiger partial charge in [-0.05, 0) is 24.8 Å². The molecule has 2 rings (SSSR count). The van der Waals surface area contributed by atoms with Crippen LogP contribution < -0.4 is 5.32 Å². The summed E-state index contributed by atoms with van der Waals surface area (Å²) in [4.78, 5) is 10.1. The number of halogens is 2. The Morgan fingerprint density at radius 2 is 2.11 bits per heavy atom. The highest BCUT2D eigenvalue weighted by molar-refractivity contribution is 5.63. The van der Waals surface area contributed by atoms with Gasteiger partial charge in [0.15, 0.2) is 17.3 Å². The predicted molar refractivity (Wildman–Crippen MR) is 63.4 cm³/mol. The summed E-state index contributed by atoms with van der Waals surface area (Å²) in [5, 5.41) is 13.6. The van der Waals surface area contributed by atoms with Crippen molar-refractivity contribution in [3.8, 4) is 0 Å². The zero-order chi connectivity index (χ0) is 13.3. The van der Waals surface area contributed by atoms with Crippen molar-refractivity contribution in [2.24, 2.45) is 5.92 Å². The molecule has 1 saturated carbocycles. The fourth-order valence-electron chi connectivity index (χ4n) is 2.38. The number of rotatable bonds is 3. The molecule has 4 nitrogen and oxygen atoms in total. The van der Waals surface area contributed by atoms with Crippen molar-refractivity contribution in [2.75, 3.05) is 5.32 Å². The Hall–Kier alpha value is -1.72. The zero-order valence-corrected chi connectivity index (χ0v) is 9.95. The predicted octanol–water partition coefficient (Wildman–Crippen LogP) is 3.47. The molecule has 6 heteroatoms. The van der Waals surface area contributed by atoms with E-state index in [9.17, 15) is 18.9 Å². The van der Waals surface area contributed by atoms with Crippen molar-refractivity contribution in [1.82, 2.24) is 0 Å². The lowest BCUT2D eigenvalue weighted by Crippen LogP contribution is -2.23. The molecule has 0 radical (unpaired) electrons. The molecule has 0 heterocycles. The fraction of sp³-hybridized carbons (Fsp3) is 0.500. The molecule has 0 spiro atoms. The third kappa shape index (κ3) is 2.27. The Kier molecular flexibility index (Phi) is 3.45. The van der Waals surface area contributed by atoms with E-state index in [-0.39, 0.29) is 11.7 Å². The maximum absolute atomic E-state index is 13.7. The van der Waals surface area contributed by atoms with Crippen LogP contribution in [0.5, 0.6) is 0 Å². The second kappa shape index (κ2) is 4.88. The molecule has 1 N–H and O–H groups in total. The first-order valence-electron chi connectivity index (χ1n) is 5.89. The van der Waals surface area contributed by atoms with E-state index in [0.717, 1.165) is 31.4 Å². The Morgan fingerprint density at radius 3 is 2.67 bits per heavy atom. The molecule has 0 aromatic heterocycles. The first kappa shape index (κ1) is 12.7. The topological polar surface area (TPSA) is 55.2 Å². The van der Waals surface area contributed by atoms with Crippen LogP contribution in [0.2, 0.25) is 0 Å². The quantitative estimate of drug-likeness (QED) is 0.665. The van der Waals surface area contributed by atoms with Crippen molar-refractivity contribution in [2.45, 2.75) is 32.2 Å². The maximum Gasteiger partial charge on any atom is 0.295 e. The number of hydrogen-bond donors (Lipinski definition) is 1. The minimum atomic E-state index is -1.18. The Balaban J connectivity index is 2.35. The molecule has 0 saturated heterocycles. The van der Waals surface area contributed by atoms with Gasteiger partial charge in [-0.25, -0.2) is 8.78 Å². The van der Waals surface area contributed by atoms with E-state index in [0.29, 0.717) is 5.92 Å². The summed E-state index contributed by atoms with van der Waals surface area (Å²) < 4.78 is 26.8. The van der Waals surface area contributed by atoms with Crippen molar-refractivity contribution >= 4 is 11.4 Å². The van der Waals surface area contributed by atoms with Crippen LogP contribution in [-0.4, -0.2) is 11.0 Å². The minimum absolute atomic E-state index is 0.0417. The number of hydrogen-bond acceptors (Lipinski definition) is 3. The van der Waals surface area contributed by atoms with Crippen LogP contribution in [0.15, 0.2) is 12.1 Å². The van der Waals surface area contributed by atoms with Gasteiger partial charge in [0.1, 0.15) is 0 Å². The molecule has 1 aliphatic rings. The van der Waals surface area contributed by atoms with Crippen molar-refractivity contribution in [1.29, 1.82) is 0 Å². The fourth-order valence-corrected chi connectivity index (χ4v) is 2.38. The van der Waals surface area contributed by atoms with Crippen LogP contribution in [0.1, 0.15) is 26.2 Å². The van der Waals surface area contributed by atoms with E-state index in [2.05, 4.69) is 5.32 Å². The third-order valence-corrected chi connectivity index (χ3v) is 3.46. The van der Waals surface area contributed by atoms with E-state index in [1.54, 1.807) is 0 Å². The lowest BCUT2D eigenvalue weighted by atomic mass is 10.1. The van der Waals surface area contributed by atoms with E-state index in [1.165, 1.54) is 0 Å². The summed E-state index contributed by atoms with van der Waals surface area (Å²) in [7, 11) is 0. The highest BCUT2D eigenvalue weighted by Crippen LogP contribution is 2.34. The second-order valence-corrected chi connectivity index (χ2v) is 4.67. The number of anilines is 1. The van der Waals surface area contributed by atoms with E-state index < -0.39 is 22.2 Å². The Morgan fingerprint density at radius 1 is 1.39 bits per heavy atom. The molecule has 0 aliphatic heterocycles. The average Bonchev–Trinajstić information content (AvgIpc) is 2.70. The maximum atomic E-state index is 13.7. The van der Waals surface area contributed by atoms with Crippen LogP contribution in [0.3, 0.4) is 0 Å². The monoisotopic (exact) mass is 256 g/mol. The number of nitrogens with one attached hydrogen (secondary N) is 1. The summed E-state index contributed by atoms with van der Waals surface area (Å²) in [6, 6.07) is 1.72. The van der Waals surface area contributed by atoms with Gasteiger partial charge in [-0.15, -0.1) is 0 Å². The molecule has 1 aliphatic carbocycles. The van der Waals surface area contributed by atoms with E-state index >= 15 is 0 Å². The summed E-state index contributed by atoms with van der Waals surface area (Å²) >= 11 is 0. The molecule has 1 fully saturated rings. The normalized spacial score (nSPS) is 23.1. The molecular weight excluding hydrogens is 242 g/mol. The third-order valence-electron chi connectivity index (χ3n) is 3.46. The molecule has 2 atom stereocenters. The average molecular weight is 256 g/mol. The van der Waals surface area contributed by atoms with Crippen molar-refractivity contribution in [3.63, 3.8) is 0 Å². The van der Waals surface area contributed by atoms with Gasteiger partial charge >= 0.3 is 0 Å². The van der Waals surface area contributed by atoms with Crippen molar-refractivity contribution < 1.29 is 13.7 Å². The van der Waals surface area contributed by atoms with Crippen LogP contribution >= 0.6 is 0 Å². The molecule has 18 heavy (non-hydrogen) atoms. The first-order valence-corrected chi connectivity index (χ1v) is 5.89. The van der Waals surface area contributed by atoms with Crippen molar-refractivity contribution in [3.05, 3.63) is 33.9 Å². The molecule has 2 unspecified atom stereocenters.